The van der Waals surface area contributed by atoms with Crippen LogP contribution in [0.1, 0.15) is 63.6 Å². The Balaban J connectivity index is 0.000000257. The molecular weight excluding hydrogens is 294 g/mol. The van der Waals surface area contributed by atoms with Crippen LogP contribution >= 0.6 is 0 Å². The lowest BCUT2D eigenvalue weighted by Gasteiger charge is -2.00. The van der Waals surface area contributed by atoms with E-state index in [1.807, 2.05) is 43.9 Å². The van der Waals surface area contributed by atoms with Crippen molar-refractivity contribution >= 4 is 0 Å². The molecule has 132 valence electrons. The molecule has 2 rings (SSSR count). The van der Waals surface area contributed by atoms with Gasteiger partial charge in [0.2, 0.25) is 0 Å². The summed E-state index contributed by atoms with van der Waals surface area (Å²) in [5.74, 6) is 0. The molecule has 0 fully saturated rings. The second-order valence-corrected chi connectivity index (χ2v) is 6.43. The molecular formula is C21H33N3. The van der Waals surface area contributed by atoms with Crippen molar-refractivity contribution in [2.24, 2.45) is 7.05 Å². The number of hydrogen-bond acceptors (Lipinski definition) is 2. The zero-order valence-corrected chi connectivity index (χ0v) is 16.1. The smallest absolute Gasteiger partial charge is 0.0883 e. The minimum Gasteiger partial charge on any atom is -0.266 e. The Hall–Kier alpha value is -1.90. The number of allylic oxidation sites excluding steroid dienone is 1. The van der Waals surface area contributed by atoms with Gasteiger partial charge in [-0.2, -0.15) is 5.10 Å². The van der Waals surface area contributed by atoms with Crippen molar-refractivity contribution in [3.05, 3.63) is 47.8 Å². The molecule has 0 unspecified atom stereocenters. The molecule has 3 heteroatoms. The van der Waals surface area contributed by atoms with E-state index in [4.69, 9.17) is 0 Å². The number of pyridine rings is 1. The summed E-state index contributed by atoms with van der Waals surface area (Å²) in [6.07, 6.45) is 9.73. The number of hydrogen-bond donors (Lipinski definition) is 0. The number of aryl methyl sites for hydroxylation is 3. The Morgan fingerprint density at radius 1 is 1.12 bits per heavy atom. The fraction of sp³-hybridized carbons (Fsp3) is 0.524. The third-order valence-corrected chi connectivity index (χ3v) is 4.06. The molecule has 2 aromatic rings. The highest BCUT2D eigenvalue weighted by atomic mass is 15.3. The highest BCUT2D eigenvalue weighted by Crippen LogP contribution is 2.17. The van der Waals surface area contributed by atoms with E-state index in [-0.39, 0.29) is 0 Å². The molecule has 0 radical (unpaired) electrons. The van der Waals surface area contributed by atoms with Gasteiger partial charge >= 0.3 is 0 Å². The highest BCUT2D eigenvalue weighted by Gasteiger charge is 2.05. The lowest BCUT2D eigenvalue weighted by atomic mass is 10.1. The van der Waals surface area contributed by atoms with E-state index in [1.54, 1.807) is 0 Å². The van der Waals surface area contributed by atoms with Gasteiger partial charge in [-0.05, 0) is 50.8 Å². The monoisotopic (exact) mass is 327 g/mol. The van der Waals surface area contributed by atoms with Crippen LogP contribution in [0, 0.1) is 13.8 Å². The Kier molecular flexibility index (Phi) is 9.06. The Morgan fingerprint density at radius 3 is 2.38 bits per heavy atom. The maximum Gasteiger partial charge on any atom is 0.0883 e. The standard InChI is InChI=1S/C11H13N3.C10H20/c1-8-4-5-10(12-7-8)11-6-9(2)13-14(11)3;1-4-6-7-8-9-10(3)5-2/h4-7H,1-3H3;3-9H2,1-2H3. The minimum atomic E-state index is 0.971. The summed E-state index contributed by atoms with van der Waals surface area (Å²) in [5.41, 5.74) is 5.63. The molecule has 0 aliphatic carbocycles. The van der Waals surface area contributed by atoms with Crippen LogP contribution in [-0.4, -0.2) is 14.8 Å². The van der Waals surface area contributed by atoms with Crippen LogP contribution in [-0.2, 0) is 7.05 Å². The molecule has 0 saturated carbocycles. The van der Waals surface area contributed by atoms with Crippen molar-refractivity contribution in [1.29, 1.82) is 0 Å². The van der Waals surface area contributed by atoms with Crippen LogP contribution in [0.15, 0.2) is 36.5 Å². The van der Waals surface area contributed by atoms with Gasteiger partial charge in [-0.15, -0.1) is 0 Å². The summed E-state index contributed by atoms with van der Waals surface area (Å²) in [4.78, 5) is 4.36. The zero-order valence-electron chi connectivity index (χ0n) is 16.1. The van der Waals surface area contributed by atoms with E-state index in [1.165, 1.54) is 43.2 Å². The lowest BCUT2D eigenvalue weighted by molar-refractivity contribution is 0.658. The van der Waals surface area contributed by atoms with Crippen LogP contribution in [0.2, 0.25) is 0 Å². The number of rotatable bonds is 7. The largest absolute Gasteiger partial charge is 0.266 e. The zero-order chi connectivity index (χ0) is 17.9. The second-order valence-electron chi connectivity index (χ2n) is 6.43. The van der Waals surface area contributed by atoms with Crippen molar-refractivity contribution in [1.82, 2.24) is 14.8 Å². The van der Waals surface area contributed by atoms with E-state index < -0.39 is 0 Å². The van der Waals surface area contributed by atoms with Gasteiger partial charge in [0.15, 0.2) is 0 Å². The molecule has 0 saturated heterocycles. The fourth-order valence-electron chi connectivity index (χ4n) is 2.45. The van der Waals surface area contributed by atoms with Gasteiger partial charge in [0.05, 0.1) is 17.1 Å². The van der Waals surface area contributed by atoms with Gasteiger partial charge in [0, 0.05) is 13.2 Å². The SMILES string of the molecule is C=C(CC)CCCCCC.Cc1ccc(-c2cc(C)nn2C)nc1. The minimum absolute atomic E-state index is 0.971. The van der Waals surface area contributed by atoms with E-state index in [2.05, 4.69) is 36.6 Å². The predicted octanol–water partition coefficient (Wildman–Crippen LogP) is 6.02. The number of unbranched alkanes of at least 4 members (excludes halogenated alkanes) is 3. The van der Waals surface area contributed by atoms with Crippen molar-refractivity contribution in [3.8, 4) is 11.4 Å². The molecule has 0 amide bonds. The molecule has 2 aromatic heterocycles. The van der Waals surface area contributed by atoms with Gasteiger partial charge < -0.3 is 0 Å². The summed E-state index contributed by atoms with van der Waals surface area (Å²) >= 11 is 0. The third kappa shape index (κ3) is 7.12. The van der Waals surface area contributed by atoms with Gasteiger partial charge in [-0.3, -0.25) is 9.67 Å². The van der Waals surface area contributed by atoms with Crippen LogP contribution in [0.5, 0.6) is 0 Å². The maximum atomic E-state index is 4.36. The number of nitrogens with zero attached hydrogens (tertiary/aromatic N) is 3. The van der Waals surface area contributed by atoms with Crippen LogP contribution in [0.25, 0.3) is 11.4 Å². The predicted molar refractivity (Wildman–Crippen MR) is 104 cm³/mol. The average molecular weight is 328 g/mol. The molecule has 0 aliphatic heterocycles. The normalized spacial score (nSPS) is 10.2. The van der Waals surface area contributed by atoms with E-state index in [9.17, 15) is 0 Å². The Bertz CT molecular complexity index is 609. The van der Waals surface area contributed by atoms with Crippen LogP contribution in [0.3, 0.4) is 0 Å². The molecule has 0 aliphatic rings. The van der Waals surface area contributed by atoms with Gasteiger partial charge in [-0.1, -0.05) is 51.3 Å². The van der Waals surface area contributed by atoms with Gasteiger partial charge in [0.1, 0.15) is 0 Å². The second kappa shape index (κ2) is 10.8. The summed E-state index contributed by atoms with van der Waals surface area (Å²) in [6.45, 7) is 12.4. The van der Waals surface area contributed by atoms with Crippen LogP contribution < -0.4 is 0 Å². The van der Waals surface area contributed by atoms with Crippen molar-refractivity contribution in [3.63, 3.8) is 0 Å². The summed E-state index contributed by atoms with van der Waals surface area (Å²) in [5, 5.41) is 4.29. The lowest BCUT2D eigenvalue weighted by Crippen LogP contribution is -1.95. The Morgan fingerprint density at radius 2 is 1.88 bits per heavy atom. The summed E-state index contributed by atoms with van der Waals surface area (Å²) < 4.78 is 1.85. The molecule has 0 N–H and O–H groups in total. The quantitative estimate of drug-likeness (QED) is 0.459. The molecule has 0 bridgehead atoms. The Labute approximate surface area is 147 Å². The maximum absolute atomic E-state index is 4.36. The first kappa shape index (κ1) is 20.1. The van der Waals surface area contributed by atoms with Crippen LogP contribution in [0.4, 0.5) is 0 Å². The average Bonchev–Trinajstić information content (AvgIpc) is 2.91. The third-order valence-electron chi connectivity index (χ3n) is 4.06. The topological polar surface area (TPSA) is 30.7 Å². The molecule has 0 aromatic carbocycles. The molecule has 3 nitrogen and oxygen atoms in total. The molecule has 0 atom stereocenters. The molecule has 0 spiro atoms. The first-order chi connectivity index (χ1) is 11.5. The molecule has 24 heavy (non-hydrogen) atoms. The van der Waals surface area contributed by atoms with E-state index >= 15 is 0 Å². The number of aromatic nitrogens is 3. The fourth-order valence-corrected chi connectivity index (χ4v) is 2.45. The highest BCUT2D eigenvalue weighted by molar-refractivity contribution is 5.54. The van der Waals surface area contributed by atoms with Crippen molar-refractivity contribution in [2.75, 3.05) is 0 Å². The van der Waals surface area contributed by atoms with E-state index in [0.717, 1.165) is 23.5 Å². The summed E-state index contributed by atoms with van der Waals surface area (Å²) in [7, 11) is 1.93. The first-order valence-corrected chi connectivity index (χ1v) is 9.08. The first-order valence-electron chi connectivity index (χ1n) is 9.08. The van der Waals surface area contributed by atoms with E-state index in [0.29, 0.717) is 0 Å². The van der Waals surface area contributed by atoms with Gasteiger partial charge in [0.25, 0.3) is 0 Å². The molecule has 2 heterocycles. The van der Waals surface area contributed by atoms with Crippen molar-refractivity contribution in [2.45, 2.75) is 66.2 Å². The van der Waals surface area contributed by atoms with Crippen molar-refractivity contribution < 1.29 is 0 Å². The van der Waals surface area contributed by atoms with Gasteiger partial charge in [-0.25, -0.2) is 0 Å². The summed E-state index contributed by atoms with van der Waals surface area (Å²) in [6, 6.07) is 6.12.